The Labute approximate surface area is 112 Å². The second kappa shape index (κ2) is 4.93. The highest BCUT2D eigenvalue weighted by atomic mass is 35.5. The summed E-state index contributed by atoms with van der Waals surface area (Å²) in [6.07, 6.45) is 1.12. The Hall–Kier alpha value is -0.630. The lowest BCUT2D eigenvalue weighted by atomic mass is 10.4. The van der Waals surface area contributed by atoms with Gasteiger partial charge in [0, 0.05) is 16.2 Å². The molecule has 1 aromatic heterocycles. The van der Waals surface area contributed by atoms with Crippen LogP contribution in [0.4, 0.5) is 0 Å². The molecule has 0 aliphatic carbocycles. The summed E-state index contributed by atoms with van der Waals surface area (Å²) in [6.45, 7) is 0. The minimum Gasteiger partial charge on any atom is -0.221 e. The lowest BCUT2D eigenvalue weighted by Gasteiger charge is -1.96. The molecule has 1 heterocycles. The molecule has 0 aliphatic heterocycles. The van der Waals surface area contributed by atoms with Crippen LogP contribution in [0.5, 0.6) is 0 Å². The number of sulfone groups is 1. The molecule has 0 amide bonds. The van der Waals surface area contributed by atoms with Crippen LogP contribution >= 0.6 is 34.9 Å². The van der Waals surface area contributed by atoms with Crippen LogP contribution in [-0.2, 0) is 9.84 Å². The van der Waals surface area contributed by atoms with Gasteiger partial charge in [-0.1, -0.05) is 11.6 Å². The summed E-state index contributed by atoms with van der Waals surface area (Å²) >= 11 is 7.94. The second-order valence-corrected chi connectivity index (χ2v) is 7.59. The van der Waals surface area contributed by atoms with E-state index in [2.05, 4.69) is 9.36 Å². The first-order valence-electron chi connectivity index (χ1n) is 4.42. The first kappa shape index (κ1) is 12.8. The van der Waals surface area contributed by atoms with Crippen molar-refractivity contribution in [2.24, 2.45) is 0 Å². The fourth-order valence-electron chi connectivity index (χ4n) is 0.997. The van der Waals surface area contributed by atoms with Crippen LogP contribution in [0, 0.1) is 0 Å². The molecule has 0 aliphatic rings. The number of halogens is 1. The van der Waals surface area contributed by atoms with Gasteiger partial charge in [0.2, 0.25) is 19.3 Å². The predicted molar refractivity (Wildman–Crippen MR) is 68.6 cm³/mol. The van der Waals surface area contributed by atoms with E-state index in [4.69, 9.17) is 11.6 Å². The van der Waals surface area contributed by atoms with E-state index >= 15 is 0 Å². The molecule has 2 rings (SSSR count). The molecule has 0 radical (unpaired) electrons. The Balaban J connectivity index is 2.20. The van der Waals surface area contributed by atoms with Gasteiger partial charge in [-0.2, -0.15) is 9.36 Å². The highest BCUT2D eigenvalue weighted by molar-refractivity contribution is 7.99. The van der Waals surface area contributed by atoms with Gasteiger partial charge in [0.25, 0.3) is 0 Å². The molecule has 1 aromatic carbocycles. The van der Waals surface area contributed by atoms with Crippen LogP contribution in [-0.4, -0.2) is 24.0 Å². The lowest BCUT2D eigenvalue weighted by molar-refractivity contribution is 0.600. The van der Waals surface area contributed by atoms with Crippen LogP contribution in [0.3, 0.4) is 0 Å². The lowest BCUT2D eigenvalue weighted by Crippen LogP contribution is -1.95. The monoisotopic (exact) mass is 306 g/mol. The molecule has 0 spiro atoms. The number of hydrogen-bond donors (Lipinski definition) is 0. The Morgan fingerprint density at radius 1 is 1.29 bits per heavy atom. The molecule has 0 saturated heterocycles. The van der Waals surface area contributed by atoms with Gasteiger partial charge in [0.15, 0.2) is 0 Å². The zero-order valence-electron chi connectivity index (χ0n) is 8.62. The molecule has 0 unspecified atom stereocenters. The number of rotatable bonds is 3. The van der Waals surface area contributed by atoms with Crippen molar-refractivity contribution < 1.29 is 8.42 Å². The molecule has 0 saturated carbocycles. The summed E-state index contributed by atoms with van der Waals surface area (Å²) in [5.74, 6) is 0. The minimum atomic E-state index is -3.27. The van der Waals surface area contributed by atoms with E-state index in [0.717, 1.165) is 22.7 Å². The van der Waals surface area contributed by atoms with E-state index < -0.39 is 9.84 Å². The van der Waals surface area contributed by atoms with Crippen molar-refractivity contribution in [3.8, 4) is 0 Å². The third kappa shape index (κ3) is 3.41. The summed E-state index contributed by atoms with van der Waals surface area (Å²) in [5, 5.41) is 1.08. The van der Waals surface area contributed by atoms with Gasteiger partial charge in [0.05, 0.1) is 0 Å². The molecular formula is C9H7ClN2O2S3. The molecule has 4 nitrogen and oxygen atoms in total. The molecule has 0 fully saturated rings. The summed E-state index contributed by atoms with van der Waals surface area (Å²) in [7, 11) is -3.27. The second-order valence-electron chi connectivity index (χ2n) is 3.17. The van der Waals surface area contributed by atoms with Crippen LogP contribution < -0.4 is 0 Å². The van der Waals surface area contributed by atoms with Gasteiger partial charge in [-0.25, -0.2) is 8.42 Å². The topological polar surface area (TPSA) is 59.9 Å². The molecule has 17 heavy (non-hydrogen) atoms. The average molecular weight is 307 g/mol. The predicted octanol–water partition coefficient (Wildman–Crippen LogP) is 2.75. The van der Waals surface area contributed by atoms with Crippen LogP contribution in [0.2, 0.25) is 5.02 Å². The fourth-order valence-corrected chi connectivity index (χ4v) is 3.35. The third-order valence-electron chi connectivity index (χ3n) is 1.73. The largest absolute Gasteiger partial charge is 0.229 e. The Kier molecular flexibility index (Phi) is 3.72. The fraction of sp³-hybridized carbons (Fsp3) is 0.111. The van der Waals surface area contributed by atoms with Crippen molar-refractivity contribution >= 4 is 44.7 Å². The Morgan fingerprint density at radius 3 is 2.47 bits per heavy atom. The maximum absolute atomic E-state index is 11.2. The highest BCUT2D eigenvalue weighted by Gasteiger charge is 2.14. The van der Waals surface area contributed by atoms with Gasteiger partial charge in [-0.3, -0.25) is 0 Å². The van der Waals surface area contributed by atoms with E-state index in [1.165, 1.54) is 11.8 Å². The van der Waals surface area contributed by atoms with Gasteiger partial charge in [-0.15, -0.1) is 0 Å². The zero-order chi connectivity index (χ0) is 12.5. The standard InChI is InChI=1S/C9H7ClN2O2S3/c1-17(13,14)9-11-8(12-16-9)15-7-4-2-6(10)3-5-7/h2-5H,1H3. The van der Waals surface area contributed by atoms with Crippen molar-refractivity contribution in [1.82, 2.24) is 9.36 Å². The van der Waals surface area contributed by atoms with Gasteiger partial charge >= 0.3 is 0 Å². The van der Waals surface area contributed by atoms with E-state index in [-0.39, 0.29) is 4.34 Å². The van der Waals surface area contributed by atoms with Crippen molar-refractivity contribution in [2.45, 2.75) is 14.4 Å². The summed E-state index contributed by atoms with van der Waals surface area (Å²) in [6, 6.07) is 7.17. The Bertz CT molecular complexity index is 622. The van der Waals surface area contributed by atoms with Crippen LogP contribution in [0.25, 0.3) is 0 Å². The van der Waals surface area contributed by atoms with E-state index in [1.807, 2.05) is 12.1 Å². The number of benzene rings is 1. The van der Waals surface area contributed by atoms with Crippen molar-refractivity contribution in [1.29, 1.82) is 0 Å². The van der Waals surface area contributed by atoms with Crippen molar-refractivity contribution in [3.63, 3.8) is 0 Å². The van der Waals surface area contributed by atoms with Crippen molar-refractivity contribution in [2.75, 3.05) is 6.26 Å². The maximum Gasteiger partial charge on any atom is 0.229 e. The van der Waals surface area contributed by atoms with E-state index in [9.17, 15) is 8.42 Å². The molecule has 2 aromatic rings. The first-order chi connectivity index (χ1) is 7.95. The molecule has 0 N–H and O–H groups in total. The SMILES string of the molecule is CS(=O)(=O)c1nc(Sc2ccc(Cl)cc2)ns1. The number of aromatic nitrogens is 2. The third-order valence-corrected chi connectivity index (χ3v) is 5.34. The summed E-state index contributed by atoms with van der Waals surface area (Å²) in [4.78, 5) is 4.86. The summed E-state index contributed by atoms with van der Waals surface area (Å²) in [5.41, 5.74) is 0. The normalized spacial score (nSPS) is 11.6. The maximum atomic E-state index is 11.2. The van der Waals surface area contributed by atoms with Gasteiger partial charge in [0.1, 0.15) is 0 Å². The highest BCUT2D eigenvalue weighted by Crippen LogP contribution is 2.28. The first-order valence-corrected chi connectivity index (χ1v) is 8.28. The molecule has 90 valence electrons. The minimum absolute atomic E-state index is 0.0361. The average Bonchev–Trinajstić information content (AvgIpc) is 2.69. The van der Waals surface area contributed by atoms with Crippen LogP contribution in [0.15, 0.2) is 38.7 Å². The van der Waals surface area contributed by atoms with E-state index in [0.29, 0.717) is 10.2 Å². The Morgan fingerprint density at radius 2 is 1.94 bits per heavy atom. The van der Waals surface area contributed by atoms with Crippen LogP contribution in [0.1, 0.15) is 0 Å². The molecular weight excluding hydrogens is 300 g/mol. The quantitative estimate of drug-likeness (QED) is 0.872. The molecule has 0 atom stereocenters. The number of hydrogen-bond acceptors (Lipinski definition) is 6. The zero-order valence-corrected chi connectivity index (χ0v) is 11.8. The molecule has 0 bridgehead atoms. The van der Waals surface area contributed by atoms with Crippen molar-refractivity contribution in [3.05, 3.63) is 29.3 Å². The number of nitrogens with zero attached hydrogens (tertiary/aromatic N) is 2. The van der Waals surface area contributed by atoms with Gasteiger partial charge in [-0.05, 0) is 47.6 Å². The van der Waals surface area contributed by atoms with E-state index in [1.54, 1.807) is 12.1 Å². The van der Waals surface area contributed by atoms with Gasteiger partial charge < -0.3 is 0 Å². The summed E-state index contributed by atoms with van der Waals surface area (Å²) < 4.78 is 26.5. The smallest absolute Gasteiger partial charge is 0.221 e. The molecule has 8 heteroatoms.